The number of benzene rings is 1. The average molecular weight is 262 g/mol. The molecule has 11 heavy (non-hydrogen) atoms. The van der Waals surface area contributed by atoms with Crippen LogP contribution in [0.25, 0.3) is 0 Å². The summed E-state index contributed by atoms with van der Waals surface area (Å²) in [5.74, 6) is 0. The third-order valence-electron chi connectivity index (χ3n) is 1.38. The van der Waals surface area contributed by atoms with Gasteiger partial charge in [0, 0.05) is 10.1 Å². The Labute approximate surface area is 80.3 Å². The minimum absolute atomic E-state index is 0.818. The zero-order valence-electron chi connectivity index (χ0n) is 6.39. The van der Waals surface area contributed by atoms with E-state index in [-0.39, 0.29) is 0 Å². The lowest BCUT2D eigenvalue weighted by molar-refractivity contribution is 1.21. The molecule has 1 rings (SSSR count). The molecule has 1 aromatic rings. The van der Waals surface area contributed by atoms with Gasteiger partial charge in [-0.1, -0.05) is 0 Å². The van der Waals surface area contributed by atoms with E-state index in [9.17, 15) is 0 Å². The number of nitrogen functional groups attached to an aromatic ring is 1. The van der Waals surface area contributed by atoms with E-state index in [4.69, 9.17) is 5.73 Å². The van der Waals surface area contributed by atoms with Crippen molar-refractivity contribution in [3.8, 4) is 0 Å². The lowest BCUT2D eigenvalue weighted by Crippen LogP contribution is -2.00. The summed E-state index contributed by atoms with van der Waals surface area (Å²) >= 11 is 2.24. The summed E-state index contributed by atoms with van der Waals surface area (Å²) in [6.07, 6.45) is 0. The molecule has 0 fully saturated rings. The second-order valence-electron chi connectivity index (χ2n) is 2.26. The van der Waals surface area contributed by atoms with Crippen molar-refractivity contribution in [2.45, 2.75) is 6.92 Å². The molecule has 0 aromatic heterocycles. The highest BCUT2D eigenvalue weighted by atomic mass is 127. The smallest absolute Gasteiger partial charge is 0.0574 e. The lowest BCUT2D eigenvalue weighted by atomic mass is 10.3. The van der Waals surface area contributed by atoms with Gasteiger partial charge in [-0.2, -0.15) is 0 Å². The Morgan fingerprint density at radius 3 is 2.82 bits per heavy atom. The van der Waals surface area contributed by atoms with Crippen molar-refractivity contribution in [3.63, 3.8) is 0 Å². The Morgan fingerprint density at radius 2 is 2.27 bits per heavy atom. The van der Waals surface area contributed by atoms with Crippen molar-refractivity contribution < 1.29 is 0 Å². The molecule has 2 nitrogen and oxygen atoms in total. The second kappa shape index (κ2) is 3.80. The number of nitrogens with two attached hydrogens (primary N) is 1. The Morgan fingerprint density at radius 1 is 1.55 bits per heavy atom. The highest BCUT2D eigenvalue weighted by Gasteiger charge is 1.95. The molecular formula is C8H11IN2. The first-order valence-corrected chi connectivity index (χ1v) is 4.61. The van der Waals surface area contributed by atoms with Crippen LogP contribution >= 0.6 is 22.6 Å². The van der Waals surface area contributed by atoms with Crippen molar-refractivity contribution in [2.75, 3.05) is 17.6 Å². The van der Waals surface area contributed by atoms with Gasteiger partial charge in [0.05, 0.1) is 11.4 Å². The third-order valence-corrected chi connectivity index (χ3v) is 2.05. The van der Waals surface area contributed by atoms with E-state index in [1.165, 1.54) is 3.57 Å². The highest BCUT2D eigenvalue weighted by molar-refractivity contribution is 14.1. The van der Waals surface area contributed by atoms with Crippen LogP contribution in [0, 0.1) is 3.57 Å². The van der Waals surface area contributed by atoms with Crippen LogP contribution < -0.4 is 11.1 Å². The molecule has 0 unspecified atom stereocenters. The van der Waals surface area contributed by atoms with Crippen LogP contribution in [0.5, 0.6) is 0 Å². The van der Waals surface area contributed by atoms with Gasteiger partial charge < -0.3 is 11.1 Å². The number of anilines is 2. The van der Waals surface area contributed by atoms with Gasteiger partial charge in [0.2, 0.25) is 0 Å². The quantitative estimate of drug-likeness (QED) is 0.634. The monoisotopic (exact) mass is 262 g/mol. The molecule has 3 N–H and O–H groups in total. The molecule has 1 aromatic carbocycles. The largest absolute Gasteiger partial charge is 0.397 e. The molecule has 0 spiro atoms. The fourth-order valence-corrected chi connectivity index (χ4v) is 1.40. The maximum Gasteiger partial charge on any atom is 0.0574 e. The molecule has 0 amide bonds. The molecule has 0 atom stereocenters. The Hall–Kier alpha value is -0.450. The van der Waals surface area contributed by atoms with Gasteiger partial charge in [-0.25, -0.2) is 0 Å². The molecule has 0 radical (unpaired) electrons. The van der Waals surface area contributed by atoms with Crippen LogP contribution in [0.2, 0.25) is 0 Å². The molecule has 0 heterocycles. The Bertz CT molecular complexity index is 248. The van der Waals surface area contributed by atoms with E-state index in [1.807, 2.05) is 18.2 Å². The fraction of sp³-hybridized carbons (Fsp3) is 0.250. The van der Waals surface area contributed by atoms with Crippen molar-refractivity contribution in [1.82, 2.24) is 0 Å². The number of nitrogens with one attached hydrogen (secondary N) is 1. The SMILES string of the molecule is CCNc1ccc(I)cc1N. The number of hydrogen-bond donors (Lipinski definition) is 2. The lowest BCUT2D eigenvalue weighted by Gasteiger charge is -2.06. The summed E-state index contributed by atoms with van der Waals surface area (Å²) in [6.45, 7) is 2.96. The summed E-state index contributed by atoms with van der Waals surface area (Å²) in [4.78, 5) is 0. The third kappa shape index (κ3) is 2.25. The van der Waals surface area contributed by atoms with Gasteiger partial charge in [0.15, 0.2) is 0 Å². The van der Waals surface area contributed by atoms with Gasteiger partial charge in [-0.15, -0.1) is 0 Å². The zero-order valence-corrected chi connectivity index (χ0v) is 8.55. The van der Waals surface area contributed by atoms with Gasteiger partial charge in [-0.3, -0.25) is 0 Å². The Kier molecular flexibility index (Phi) is 2.99. The average Bonchev–Trinajstić information content (AvgIpc) is 1.95. The zero-order chi connectivity index (χ0) is 8.27. The number of halogens is 1. The molecule has 0 saturated carbocycles. The van der Waals surface area contributed by atoms with Crippen molar-refractivity contribution in [1.29, 1.82) is 0 Å². The maximum atomic E-state index is 5.74. The molecule has 0 aliphatic rings. The second-order valence-corrected chi connectivity index (χ2v) is 3.51. The molecule has 3 heteroatoms. The number of rotatable bonds is 2. The van der Waals surface area contributed by atoms with E-state index in [2.05, 4.69) is 34.8 Å². The predicted molar refractivity (Wildman–Crippen MR) is 57.7 cm³/mol. The van der Waals surface area contributed by atoms with Gasteiger partial charge in [-0.05, 0) is 47.7 Å². The minimum atomic E-state index is 0.818. The molecule has 0 aliphatic heterocycles. The summed E-state index contributed by atoms with van der Waals surface area (Å²) < 4.78 is 1.17. The predicted octanol–water partition coefficient (Wildman–Crippen LogP) is 2.31. The maximum absolute atomic E-state index is 5.74. The normalized spacial score (nSPS) is 9.64. The van der Waals surface area contributed by atoms with Gasteiger partial charge >= 0.3 is 0 Å². The first-order valence-electron chi connectivity index (χ1n) is 3.53. The number of hydrogen-bond acceptors (Lipinski definition) is 2. The van der Waals surface area contributed by atoms with Crippen molar-refractivity contribution >= 4 is 34.0 Å². The molecule has 60 valence electrons. The molecule has 0 saturated heterocycles. The van der Waals surface area contributed by atoms with Crippen molar-refractivity contribution in [2.24, 2.45) is 0 Å². The van der Waals surface area contributed by atoms with E-state index in [0.717, 1.165) is 17.9 Å². The summed E-state index contributed by atoms with van der Waals surface area (Å²) in [7, 11) is 0. The first kappa shape index (κ1) is 8.64. The molecular weight excluding hydrogens is 251 g/mol. The van der Waals surface area contributed by atoms with Gasteiger partial charge in [0.25, 0.3) is 0 Å². The van der Waals surface area contributed by atoms with Crippen LogP contribution in [0.1, 0.15) is 6.92 Å². The van der Waals surface area contributed by atoms with Crippen LogP contribution in [-0.4, -0.2) is 6.54 Å². The fourth-order valence-electron chi connectivity index (χ4n) is 0.885. The topological polar surface area (TPSA) is 38.0 Å². The van der Waals surface area contributed by atoms with Crippen LogP contribution in [-0.2, 0) is 0 Å². The first-order chi connectivity index (χ1) is 5.24. The van der Waals surface area contributed by atoms with Crippen molar-refractivity contribution in [3.05, 3.63) is 21.8 Å². The minimum Gasteiger partial charge on any atom is -0.397 e. The van der Waals surface area contributed by atoms with E-state index in [1.54, 1.807) is 0 Å². The van der Waals surface area contributed by atoms with E-state index in [0.29, 0.717) is 0 Å². The highest BCUT2D eigenvalue weighted by Crippen LogP contribution is 2.20. The standard InChI is InChI=1S/C8H11IN2/c1-2-11-8-4-3-6(9)5-7(8)10/h3-5,11H,2,10H2,1H3. The van der Waals surface area contributed by atoms with Gasteiger partial charge in [0.1, 0.15) is 0 Å². The molecule has 0 bridgehead atoms. The Balaban J connectivity index is 2.90. The van der Waals surface area contributed by atoms with E-state index < -0.39 is 0 Å². The van der Waals surface area contributed by atoms with Crippen LogP contribution in [0.3, 0.4) is 0 Å². The summed E-state index contributed by atoms with van der Waals surface area (Å²) in [6, 6.07) is 5.99. The summed E-state index contributed by atoms with van der Waals surface area (Å²) in [5, 5.41) is 3.17. The summed E-state index contributed by atoms with van der Waals surface area (Å²) in [5.41, 5.74) is 7.58. The molecule has 0 aliphatic carbocycles. The van der Waals surface area contributed by atoms with E-state index >= 15 is 0 Å². The van der Waals surface area contributed by atoms with Crippen LogP contribution in [0.4, 0.5) is 11.4 Å². The van der Waals surface area contributed by atoms with Crippen LogP contribution in [0.15, 0.2) is 18.2 Å².